The number of carboxylic acids is 1. The second-order valence-corrected chi connectivity index (χ2v) is 8.27. The molecule has 1 saturated carbocycles. The van der Waals surface area contributed by atoms with Gasteiger partial charge in [0, 0.05) is 50.4 Å². The first-order chi connectivity index (χ1) is 12.5. The highest BCUT2D eigenvalue weighted by atomic mass is 16.4. The number of aromatic nitrogens is 2. The van der Waals surface area contributed by atoms with Crippen molar-refractivity contribution in [2.75, 3.05) is 19.6 Å². The van der Waals surface area contributed by atoms with Crippen LogP contribution in [0.5, 0.6) is 0 Å². The molecule has 0 unspecified atom stereocenters. The third kappa shape index (κ3) is 3.37. The zero-order chi connectivity index (χ0) is 18.3. The van der Waals surface area contributed by atoms with E-state index in [2.05, 4.69) is 10.00 Å². The number of carbonyl (C=O) groups is 2. The Hall–Kier alpha value is -1.89. The van der Waals surface area contributed by atoms with Crippen molar-refractivity contribution in [2.45, 2.75) is 58.2 Å². The van der Waals surface area contributed by atoms with Crippen molar-refractivity contribution >= 4 is 11.9 Å². The van der Waals surface area contributed by atoms with Gasteiger partial charge in [0.05, 0.1) is 6.20 Å². The Balaban J connectivity index is 1.42. The minimum Gasteiger partial charge on any atom is -0.480 e. The topological polar surface area (TPSA) is 78.7 Å². The van der Waals surface area contributed by atoms with Crippen molar-refractivity contribution in [3.63, 3.8) is 0 Å². The predicted octanol–water partition coefficient (Wildman–Crippen LogP) is 1.58. The Labute approximate surface area is 153 Å². The molecule has 1 aliphatic carbocycles. The molecule has 0 radical (unpaired) electrons. The zero-order valence-corrected chi connectivity index (χ0v) is 15.4. The summed E-state index contributed by atoms with van der Waals surface area (Å²) in [7, 11) is 0. The maximum absolute atomic E-state index is 12.3. The molecule has 3 aliphatic rings. The number of rotatable bonds is 5. The van der Waals surface area contributed by atoms with Gasteiger partial charge >= 0.3 is 5.97 Å². The maximum Gasteiger partial charge on any atom is 0.320 e. The fourth-order valence-electron chi connectivity index (χ4n) is 4.60. The number of likely N-dealkylation sites (tertiary alicyclic amines) is 2. The second kappa shape index (κ2) is 6.68. The number of hydrogen-bond acceptors (Lipinski definition) is 4. The summed E-state index contributed by atoms with van der Waals surface area (Å²) in [6.45, 7) is 5.85. The van der Waals surface area contributed by atoms with Gasteiger partial charge in [0.25, 0.3) is 0 Å². The molecule has 7 heteroatoms. The smallest absolute Gasteiger partial charge is 0.320 e. The van der Waals surface area contributed by atoms with Crippen LogP contribution in [0.15, 0.2) is 12.4 Å². The number of aliphatic carboxylic acids is 1. The molecule has 1 spiro atoms. The first-order valence-electron chi connectivity index (χ1n) is 9.77. The van der Waals surface area contributed by atoms with Gasteiger partial charge in [-0.2, -0.15) is 5.10 Å². The molecule has 2 saturated heterocycles. The van der Waals surface area contributed by atoms with Crippen LogP contribution < -0.4 is 0 Å². The van der Waals surface area contributed by atoms with E-state index in [4.69, 9.17) is 0 Å². The van der Waals surface area contributed by atoms with Gasteiger partial charge in [-0.3, -0.25) is 19.2 Å². The standard InChI is InChI=1S/C19H28N4O3/c1-2-23-12-14(10-20-23)11-22-13-19(9-16(22)18(25)26)5-7-21(8-6-19)17(24)15-3-4-15/h10,12,15-16H,2-9,11,13H2,1H3,(H,25,26)/t16-/m1/s1. The van der Waals surface area contributed by atoms with E-state index >= 15 is 0 Å². The summed E-state index contributed by atoms with van der Waals surface area (Å²) < 4.78 is 1.87. The molecular weight excluding hydrogens is 332 g/mol. The Kier molecular flexibility index (Phi) is 4.50. The largest absolute Gasteiger partial charge is 0.480 e. The van der Waals surface area contributed by atoms with Crippen LogP contribution in [-0.4, -0.2) is 62.2 Å². The van der Waals surface area contributed by atoms with Crippen LogP contribution in [0.1, 0.15) is 44.6 Å². The van der Waals surface area contributed by atoms with Crippen molar-refractivity contribution in [1.29, 1.82) is 0 Å². The van der Waals surface area contributed by atoms with Gasteiger partial charge in [0.1, 0.15) is 6.04 Å². The third-order valence-corrected chi connectivity index (χ3v) is 6.35. The minimum absolute atomic E-state index is 0.0319. The first-order valence-corrected chi connectivity index (χ1v) is 9.77. The van der Waals surface area contributed by atoms with Crippen LogP contribution in [-0.2, 0) is 22.7 Å². The highest BCUT2D eigenvalue weighted by molar-refractivity contribution is 5.81. The fourth-order valence-corrected chi connectivity index (χ4v) is 4.60. The third-order valence-electron chi connectivity index (χ3n) is 6.35. The van der Waals surface area contributed by atoms with Crippen LogP contribution in [0.25, 0.3) is 0 Å². The lowest BCUT2D eigenvalue weighted by Gasteiger charge is -2.39. The summed E-state index contributed by atoms with van der Waals surface area (Å²) in [5, 5.41) is 14.0. The van der Waals surface area contributed by atoms with Crippen molar-refractivity contribution < 1.29 is 14.7 Å². The van der Waals surface area contributed by atoms with Gasteiger partial charge in [-0.1, -0.05) is 0 Å². The zero-order valence-electron chi connectivity index (χ0n) is 15.4. The molecule has 2 aliphatic heterocycles. The van der Waals surface area contributed by atoms with Gasteiger partial charge in [-0.25, -0.2) is 0 Å². The highest BCUT2D eigenvalue weighted by Crippen LogP contribution is 2.44. The number of carbonyl (C=O) groups excluding carboxylic acids is 1. The van der Waals surface area contributed by atoms with E-state index in [9.17, 15) is 14.7 Å². The molecule has 26 heavy (non-hydrogen) atoms. The van der Waals surface area contributed by atoms with Crippen LogP contribution in [0.2, 0.25) is 0 Å². The van der Waals surface area contributed by atoms with Crippen LogP contribution in [0.4, 0.5) is 0 Å². The molecule has 0 bridgehead atoms. The Morgan fingerprint density at radius 2 is 2.04 bits per heavy atom. The molecule has 1 aromatic heterocycles. The Morgan fingerprint density at radius 3 is 2.62 bits per heavy atom. The van der Waals surface area contributed by atoms with Crippen molar-refractivity contribution in [2.24, 2.45) is 11.3 Å². The highest BCUT2D eigenvalue weighted by Gasteiger charge is 2.49. The molecule has 1 N–H and O–H groups in total. The fraction of sp³-hybridized carbons (Fsp3) is 0.737. The molecule has 3 fully saturated rings. The molecule has 142 valence electrons. The number of hydrogen-bond donors (Lipinski definition) is 1. The van der Waals surface area contributed by atoms with Crippen LogP contribution in [0.3, 0.4) is 0 Å². The van der Waals surface area contributed by atoms with Gasteiger partial charge in [-0.15, -0.1) is 0 Å². The second-order valence-electron chi connectivity index (χ2n) is 8.27. The van der Waals surface area contributed by atoms with Gasteiger partial charge in [-0.05, 0) is 44.4 Å². The van der Waals surface area contributed by atoms with E-state index in [-0.39, 0.29) is 11.3 Å². The average molecular weight is 360 g/mol. The predicted molar refractivity (Wildman–Crippen MR) is 95.3 cm³/mol. The van der Waals surface area contributed by atoms with E-state index in [1.807, 2.05) is 28.9 Å². The number of carboxylic acid groups (broad SMARTS) is 1. The van der Waals surface area contributed by atoms with E-state index < -0.39 is 12.0 Å². The Morgan fingerprint density at radius 1 is 1.31 bits per heavy atom. The van der Waals surface area contributed by atoms with Gasteiger partial charge in [0.15, 0.2) is 0 Å². The summed E-state index contributed by atoms with van der Waals surface area (Å²) in [6, 6.07) is -0.439. The lowest BCUT2D eigenvalue weighted by atomic mass is 9.76. The van der Waals surface area contributed by atoms with Crippen molar-refractivity contribution in [3.8, 4) is 0 Å². The van der Waals surface area contributed by atoms with E-state index in [0.717, 1.165) is 57.4 Å². The lowest BCUT2D eigenvalue weighted by molar-refractivity contribution is -0.142. The number of nitrogens with zero attached hydrogens (tertiary/aromatic N) is 4. The van der Waals surface area contributed by atoms with Crippen LogP contribution >= 0.6 is 0 Å². The lowest BCUT2D eigenvalue weighted by Crippen LogP contribution is -2.44. The van der Waals surface area contributed by atoms with E-state index in [1.165, 1.54) is 0 Å². The quantitative estimate of drug-likeness (QED) is 0.862. The molecule has 0 aromatic carbocycles. The average Bonchev–Trinajstić information content (AvgIpc) is 3.29. The summed E-state index contributed by atoms with van der Waals surface area (Å²) in [5.41, 5.74) is 1.10. The molecular formula is C19H28N4O3. The molecule has 1 amide bonds. The number of amides is 1. The summed E-state index contributed by atoms with van der Waals surface area (Å²) >= 11 is 0. The normalized spacial score (nSPS) is 25.7. The van der Waals surface area contributed by atoms with E-state index in [1.54, 1.807) is 0 Å². The SMILES string of the molecule is CCn1cc(CN2CC3(CCN(C(=O)C4CC4)CC3)C[C@@H]2C(=O)O)cn1. The molecule has 1 atom stereocenters. The summed E-state index contributed by atoms with van der Waals surface area (Å²) in [5.74, 6) is -0.149. The molecule has 4 rings (SSSR count). The first kappa shape index (κ1) is 17.5. The molecule has 3 heterocycles. The van der Waals surface area contributed by atoms with Crippen molar-refractivity contribution in [3.05, 3.63) is 18.0 Å². The van der Waals surface area contributed by atoms with Crippen molar-refractivity contribution in [1.82, 2.24) is 19.6 Å². The van der Waals surface area contributed by atoms with Gasteiger partial charge in [0.2, 0.25) is 5.91 Å². The monoisotopic (exact) mass is 360 g/mol. The minimum atomic E-state index is -0.735. The summed E-state index contributed by atoms with van der Waals surface area (Å²) in [4.78, 5) is 28.2. The number of piperidine rings is 1. The summed E-state index contributed by atoms with van der Waals surface area (Å²) in [6.07, 6.45) is 8.45. The molecule has 7 nitrogen and oxygen atoms in total. The number of aryl methyl sites for hydroxylation is 1. The van der Waals surface area contributed by atoms with E-state index in [0.29, 0.717) is 18.9 Å². The maximum atomic E-state index is 12.3. The Bertz CT molecular complexity index is 689. The van der Waals surface area contributed by atoms with Crippen LogP contribution in [0, 0.1) is 11.3 Å². The molecule has 1 aromatic rings. The van der Waals surface area contributed by atoms with Gasteiger partial charge < -0.3 is 10.0 Å².